The Hall–Kier alpha value is -1.59. The van der Waals surface area contributed by atoms with Crippen molar-refractivity contribution < 1.29 is 4.79 Å². The molecule has 1 aliphatic heterocycles. The van der Waals surface area contributed by atoms with E-state index in [1.54, 1.807) is 12.1 Å². The quantitative estimate of drug-likeness (QED) is 0.575. The number of nitrogens with zero attached hydrogens (tertiary/aromatic N) is 1. The van der Waals surface area contributed by atoms with Gasteiger partial charge in [-0.1, -0.05) is 19.1 Å². The van der Waals surface area contributed by atoms with E-state index in [0.717, 1.165) is 25.9 Å². The lowest BCUT2D eigenvalue weighted by Crippen LogP contribution is -2.43. The number of hydrogen-bond donors (Lipinski definition) is 3. The van der Waals surface area contributed by atoms with Crippen LogP contribution in [-0.2, 0) is 0 Å². The van der Waals surface area contributed by atoms with Crippen molar-refractivity contribution in [1.29, 1.82) is 0 Å². The van der Waals surface area contributed by atoms with Crippen molar-refractivity contribution in [3.63, 3.8) is 0 Å². The predicted octanol–water partition coefficient (Wildman–Crippen LogP) is 1.43. The smallest absolute Gasteiger partial charge is 0.253 e. The molecule has 1 amide bonds. The number of nitrogen functional groups attached to an aromatic ring is 1. The van der Waals surface area contributed by atoms with Crippen LogP contribution in [0.5, 0.6) is 0 Å². The highest BCUT2D eigenvalue weighted by Crippen LogP contribution is 2.29. The molecular weight excluding hydrogens is 252 g/mol. The van der Waals surface area contributed by atoms with Crippen molar-refractivity contribution in [2.24, 2.45) is 11.3 Å². The number of hydrazine groups is 1. The first kappa shape index (κ1) is 14.8. The fourth-order valence-electron chi connectivity index (χ4n) is 2.53. The second kappa shape index (κ2) is 6.24. The number of piperidine rings is 1. The van der Waals surface area contributed by atoms with E-state index in [-0.39, 0.29) is 11.3 Å². The summed E-state index contributed by atoms with van der Waals surface area (Å²) in [5.74, 6) is 5.36. The third-order valence-electron chi connectivity index (χ3n) is 4.20. The topological polar surface area (TPSA) is 70.4 Å². The first-order valence-corrected chi connectivity index (χ1v) is 7.06. The molecular formula is C15H24N4O. The van der Waals surface area contributed by atoms with Gasteiger partial charge >= 0.3 is 0 Å². The summed E-state index contributed by atoms with van der Waals surface area (Å²) in [5, 5.41) is 3.05. The molecule has 0 bridgehead atoms. The standard InChI is InChI=1S/C15H24N4O/c1-15(7-9-19(2)10-8-15)11-17-14(20)12-5-3-4-6-13(12)18-16/h3-6,18H,7-11,16H2,1-2H3,(H,17,20). The van der Waals surface area contributed by atoms with Crippen LogP contribution >= 0.6 is 0 Å². The molecule has 0 radical (unpaired) electrons. The molecule has 1 aromatic carbocycles. The third kappa shape index (κ3) is 3.49. The molecule has 0 aliphatic carbocycles. The minimum absolute atomic E-state index is 0.0706. The summed E-state index contributed by atoms with van der Waals surface area (Å²) in [6.45, 7) is 5.13. The van der Waals surface area contributed by atoms with Crippen LogP contribution in [0.3, 0.4) is 0 Å². The Balaban J connectivity index is 1.95. The Morgan fingerprint density at radius 1 is 1.35 bits per heavy atom. The molecule has 5 nitrogen and oxygen atoms in total. The first-order valence-electron chi connectivity index (χ1n) is 7.06. The van der Waals surface area contributed by atoms with Crippen LogP contribution < -0.4 is 16.6 Å². The molecule has 110 valence electrons. The van der Waals surface area contributed by atoms with Gasteiger partial charge in [0.2, 0.25) is 0 Å². The highest BCUT2D eigenvalue weighted by molar-refractivity contribution is 5.99. The van der Waals surface area contributed by atoms with Crippen LogP contribution in [-0.4, -0.2) is 37.5 Å². The van der Waals surface area contributed by atoms with E-state index >= 15 is 0 Å². The van der Waals surface area contributed by atoms with E-state index in [4.69, 9.17) is 5.84 Å². The summed E-state index contributed by atoms with van der Waals surface area (Å²) < 4.78 is 0. The summed E-state index contributed by atoms with van der Waals surface area (Å²) in [4.78, 5) is 14.6. The monoisotopic (exact) mass is 276 g/mol. The molecule has 5 heteroatoms. The van der Waals surface area contributed by atoms with Crippen molar-refractivity contribution in [2.45, 2.75) is 19.8 Å². The van der Waals surface area contributed by atoms with E-state index in [2.05, 4.69) is 29.6 Å². The number of likely N-dealkylation sites (tertiary alicyclic amines) is 1. The Morgan fingerprint density at radius 3 is 2.65 bits per heavy atom. The Morgan fingerprint density at radius 2 is 2.00 bits per heavy atom. The van der Waals surface area contributed by atoms with Crippen molar-refractivity contribution in [3.05, 3.63) is 29.8 Å². The molecule has 0 saturated carbocycles. The van der Waals surface area contributed by atoms with Crippen molar-refractivity contribution >= 4 is 11.6 Å². The van der Waals surface area contributed by atoms with Gasteiger partial charge in [0, 0.05) is 6.54 Å². The van der Waals surface area contributed by atoms with Gasteiger partial charge in [-0.05, 0) is 50.5 Å². The Bertz CT molecular complexity index is 467. The number of anilines is 1. The van der Waals surface area contributed by atoms with Gasteiger partial charge in [-0.3, -0.25) is 10.6 Å². The van der Waals surface area contributed by atoms with Crippen molar-refractivity contribution in [2.75, 3.05) is 32.1 Å². The van der Waals surface area contributed by atoms with Crippen LogP contribution in [0, 0.1) is 5.41 Å². The van der Waals surface area contributed by atoms with E-state index in [9.17, 15) is 4.79 Å². The fourth-order valence-corrected chi connectivity index (χ4v) is 2.53. The minimum Gasteiger partial charge on any atom is -0.351 e. The predicted molar refractivity (Wildman–Crippen MR) is 81.4 cm³/mol. The molecule has 1 aromatic rings. The van der Waals surface area contributed by atoms with E-state index in [1.165, 1.54) is 0 Å². The van der Waals surface area contributed by atoms with E-state index < -0.39 is 0 Å². The maximum Gasteiger partial charge on any atom is 0.253 e. The Kier molecular flexibility index (Phi) is 4.62. The molecule has 0 unspecified atom stereocenters. The molecule has 4 N–H and O–H groups in total. The number of hydrogen-bond acceptors (Lipinski definition) is 4. The van der Waals surface area contributed by atoms with Gasteiger partial charge in [0.05, 0.1) is 11.3 Å². The number of nitrogens with one attached hydrogen (secondary N) is 2. The molecule has 0 atom stereocenters. The maximum atomic E-state index is 12.3. The SMILES string of the molecule is CN1CCC(C)(CNC(=O)c2ccccc2NN)CC1. The normalized spacial score (nSPS) is 18.6. The number of carbonyl (C=O) groups is 1. The van der Waals surface area contributed by atoms with Crippen LogP contribution in [0.2, 0.25) is 0 Å². The number of carbonyl (C=O) groups excluding carboxylic acids is 1. The summed E-state index contributed by atoms with van der Waals surface area (Å²) in [6.07, 6.45) is 2.22. The van der Waals surface area contributed by atoms with Gasteiger partial charge in [0.1, 0.15) is 0 Å². The zero-order chi connectivity index (χ0) is 14.6. The summed E-state index contributed by atoms with van der Waals surface area (Å²) in [6, 6.07) is 7.27. The lowest BCUT2D eigenvalue weighted by atomic mass is 9.80. The lowest BCUT2D eigenvalue weighted by Gasteiger charge is -2.38. The largest absolute Gasteiger partial charge is 0.351 e. The Labute approximate surface area is 120 Å². The van der Waals surface area contributed by atoms with E-state index in [1.807, 2.05) is 12.1 Å². The van der Waals surface area contributed by atoms with Gasteiger partial charge in [-0.2, -0.15) is 0 Å². The van der Waals surface area contributed by atoms with Crippen LogP contribution in [0.1, 0.15) is 30.1 Å². The third-order valence-corrected chi connectivity index (χ3v) is 4.20. The number of para-hydroxylation sites is 1. The van der Waals surface area contributed by atoms with E-state index in [0.29, 0.717) is 17.8 Å². The van der Waals surface area contributed by atoms with Crippen molar-refractivity contribution in [1.82, 2.24) is 10.2 Å². The second-order valence-electron chi connectivity index (χ2n) is 5.99. The molecule has 0 aromatic heterocycles. The zero-order valence-corrected chi connectivity index (χ0v) is 12.3. The second-order valence-corrected chi connectivity index (χ2v) is 5.99. The number of amides is 1. The van der Waals surface area contributed by atoms with Gasteiger partial charge in [0.25, 0.3) is 5.91 Å². The van der Waals surface area contributed by atoms with Gasteiger partial charge in [-0.25, -0.2) is 0 Å². The number of nitrogens with two attached hydrogens (primary N) is 1. The summed E-state index contributed by atoms with van der Waals surface area (Å²) in [5.41, 5.74) is 3.99. The average molecular weight is 276 g/mol. The highest BCUT2D eigenvalue weighted by Gasteiger charge is 2.29. The minimum atomic E-state index is -0.0706. The van der Waals surface area contributed by atoms with Gasteiger partial charge < -0.3 is 15.6 Å². The molecule has 1 aliphatic rings. The zero-order valence-electron chi connectivity index (χ0n) is 12.3. The summed E-state index contributed by atoms with van der Waals surface area (Å²) >= 11 is 0. The average Bonchev–Trinajstić information content (AvgIpc) is 2.48. The molecule has 2 rings (SSSR count). The van der Waals surface area contributed by atoms with Crippen molar-refractivity contribution in [3.8, 4) is 0 Å². The molecule has 1 heterocycles. The number of rotatable bonds is 4. The molecule has 1 fully saturated rings. The molecule has 1 saturated heterocycles. The van der Waals surface area contributed by atoms with Gasteiger partial charge in [0.15, 0.2) is 0 Å². The fraction of sp³-hybridized carbons (Fsp3) is 0.533. The van der Waals surface area contributed by atoms with Crippen LogP contribution in [0.15, 0.2) is 24.3 Å². The van der Waals surface area contributed by atoms with Gasteiger partial charge in [-0.15, -0.1) is 0 Å². The van der Waals surface area contributed by atoms with Crippen LogP contribution in [0.4, 0.5) is 5.69 Å². The molecule has 0 spiro atoms. The maximum absolute atomic E-state index is 12.3. The highest BCUT2D eigenvalue weighted by atomic mass is 16.1. The lowest BCUT2D eigenvalue weighted by molar-refractivity contribution is 0.0892. The van der Waals surface area contributed by atoms with Crippen LogP contribution in [0.25, 0.3) is 0 Å². The molecule has 20 heavy (non-hydrogen) atoms. The number of benzene rings is 1. The first-order chi connectivity index (χ1) is 9.54. The summed E-state index contributed by atoms with van der Waals surface area (Å²) in [7, 11) is 2.14.